The van der Waals surface area contributed by atoms with Gasteiger partial charge in [0.15, 0.2) is 5.78 Å². The van der Waals surface area contributed by atoms with Gasteiger partial charge in [0.2, 0.25) is 5.91 Å². The highest BCUT2D eigenvalue weighted by Crippen LogP contribution is 2.12. The van der Waals surface area contributed by atoms with Crippen molar-refractivity contribution in [2.75, 3.05) is 6.61 Å². The molecule has 0 aliphatic heterocycles. The van der Waals surface area contributed by atoms with E-state index in [1.54, 1.807) is 48.5 Å². The van der Waals surface area contributed by atoms with Crippen molar-refractivity contribution in [2.45, 2.75) is 19.1 Å². The molecular weight excluding hydrogens is 394 g/mol. The van der Waals surface area contributed by atoms with Gasteiger partial charge in [-0.15, -0.1) is 0 Å². The van der Waals surface area contributed by atoms with Gasteiger partial charge in [0.1, 0.15) is 12.6 Å². The summed E-state index contributed by atoms with van der Waals surface area (Å²) in [5.41, 5.74) is 2.72. The summed E-state index contributed by atoms with van der Waals surface area (Å²) in [6.07, 6.45) is 0.0968. The van der Waals surface area contributed by atoms with E-state index in [1.165, 1.54) is 0 Å². The molecule has 3 rings (SSSR count). The third-order valence-corrected chi connectivity index (χ3v) is 4.67. The Morgan fingerprint density at radius 2 is 1.35 bits per heavy atom. The predicted octanol–water partition coefficient (Wildman–Crippen LogP) is 3.25. The zero-order valence-electron chi connectivity index (χ0n) is 16.9. The molecule has 2 N–H and O–H groups in total. The number of hydrogen-bond acceptors (Lipinski definition) is 4. The topological polar surface area (TPSA) is 92.7 Å². The van der Waals surface area contributed by atoms with Gasteiger partial charge in [-0.2, -0.15) is 0 Å². The number of aliphatic carboxylic acids is 1. The SMILES string of the molecule is O=C(COCc1ccccc1)N[C@@H](Cc1ccc(C(=O)c2ccccc2)cc1)C(=O)O. The molecule has 1 amide bonds. The second kappa shape index (κ2) is 10.8. The summed E-state index contributed by atoms with van der Waals surface area (Å²) in [6.45, 7) is 0.0338. The average Bonchev–Trinajstić information content (AvgIpc) is 2.80. The van der Waals surface area contributed by atoms with Gasteiger partial charge in [-0.1, -0.05) is 84.9 Å². The second-order valence-corrected chi connectivity index (χ2v) is 7.03. The average molecular weight is 417 g/mol. The van der Waals surface area contributed by atoms with E-state index in [1.807, 2.05) is 36.4 Å². The summed E-state index contributed by atoms with van der Waals surface area (Å²) in [6, 6.07) is 23.9. The molecule has 0 aliphatic carbocycles. The van der Waals surface area contributed by atoms with Crippen LogP contribution < -0.4 is 5.32 Å². The van der Waals surface area contributed by atoms with Gasteiger partial charge in [-0.05, 0) is 11.1 Å². The Kier molecular flexibility index (Phi) is 7.67. The van der Waals surface area contributed by atoms with Crippen LogP contribution in [0.3, 0.4) is 0 Å². The first-order valence-corrected chi connectivity index (χ1v) is 9.85. The van der Waals surface area contributed by atoms with E-state index in [9.17, 15) is 19.5 Å². The van der Waals surface area contributed by atoms with Crippen molar-refractivity contribution in [1.82, 2.24) is 5.32 Å². The van der Waals surface area contributed by atoms with Crippen LogP contribution >= 0.6 is 0 Å². The molecule has 0 aliphatic rings. The van der Waals surface area contributed by atoms with Crippen molar-refractivity contribution in [3.05, 3.63) is 107 Å². The fourth-order valence-corrected chi connectivity index (χ4v) is 3.06. The lowest BCUT2D eigenvalue weighted by Gasteiger charge is -2.15. The predicted molar refractivity (Wildman–Crippen MR) is 116 cm³/mol. The highest BCUT2D eigenvalue weighted by molar-refractivity contribution is 6.08. The van der Waals surface area contributed by atoms with E-state index in [4.69, 9.17) is 4.74 Å². The maximum absolute atomic E-state index is 12.5. The third kappa shape index (κ3) is 6.62. The van der Waals surface area contributed by atoms with Gasteiger partial charge < -0.3 is 15.2 Å². The first kappa shape index (κ1) is 21.9. The van der Waals surface area contributed by atoms with E-state index < -0.39 is 17.9 Å². The summed E-state index contributed by atoms with van der Waals surface area (Å²) in [4.78, 5) is 36.2. The molecule has 0 aromatic heterocycles. The number of carboxylic acid groups (broad SMARTS) is 1. The van der Waals surface area contributed by atoms with Crippen molar-refractivity contribution >= 4 is 17.7 Å². The molecule has 0 heterocycles. The summed E-state index contributed by atoms with van der Waals surface area (Å²) < 4.78 is 5.35. The molecule has 1 atom stereocenters. The number of amides is 1. The Labute approximate surface area is 180 Å². The fourth-order valence-electron chi connectivity index (χ4n) is 3.06. The number of hydrogen-bond donors (Lipinski definition) is 2. The van der Waals surface area contributed by atoms with E-state index >= 15 is 0 Å². The lowest BCUT2D eigenvalue weighted by Crippen LogP contribution is -2.43. The molecule has 0 spiro atoms. The summed E-state index contributed by atoms with van der Waals surface area (Å²) in [5.74, 6) is -1.74. The maximum Gasteiger partial charge on any atom is 0.326 e. The second-order valence-electron chi connectivity index (χ2n) is 7.03. The molecule has 0 unspecified atom stereocenters. The number of ether oxygens (including phenoxy) is 1. The molecule has 3 aromatic carbocycles. The van der Waals surface area contributed by atoms with E-state index in [-0.39, 0.29) is 25.4 Å². The number of carboxylic acids is 1. The van der Waals surface area contributed by atoms with Gasteiger partial charge in [0, 0.05) is 17.5 Å². The van der Waals surface area contributed by atoms with Crippen LogP contribution in [0.5, 0.6) is 0 Å². The van der Waals surface area contributed by atoms with Crippen LogP contribution in [0.4, 0.5) is 0 Å². The van der Waals surface area contributed by atoms with Gasteiger partial charge in [-0.3, -0.25) is 9.59 Å². The Balaban J connectivity index is 1.54. The molecule has 0 saturated heterocycles. The Morgan fingerprint density at radius 3 is 1.97 bits per heavy atom. The highest BCUT2D eigenvalue weighted by atomic mass is 16.5. The zero-order chi connectivity index (χ0) is 22.1. The number of carbonyl (C=O) groups is 3. The quantitative estimate of drug-likeness (QED) is 0.494. The molecule has 0 saturated carbocycles. The molecule has 6 nitrogen and oxygen atoms in total. The standard InChI is InChI=1S/C25H23NO5/c27-23(17-31-16-19-7-3-1-4-8-19)26-22(25(29)30)15-18-11-13-21(14-12-18)24(28)20-9-5-2-6-10-20/h1-14,22H,15-17H2,(H,26,27)(H,29,30)/t22-/m0/s1. The number of carbonyl (C=O) groups excluding carboxylic acids is 2. The van der Waals surface area contributed by atoms with Crippen molar-refractivity contribution < 1.29 is 24.2 Å². The molecule has 158 valence electrons. The molecular formula is C25H23NO5. The fraction of sp³-hybridized carbons (Fsp3) is 0.160. The summed E-state index contributed by atoms with van der Waals surface area (Å²) in [5, 5.41) is 12.0. The Bertz CT molecular complexity index is 1020. The van der Waals surface area contributed by atoms with Crippen LogP contribution in [0.1, 0.15) is 27.0 Å². The summed E-state index contributed by atoms with van der Waals surface area (Å²) in [7, 11) is 0. The van der Waals surface area contributed by atoms with Crippen LogP contribution in [0, 0.1) is 0 Å². The minimum Gasteiger partial charge on any atom is -0.480 e. The van der Waals surface area contributed by atoms with Crippen molar-refractivity contribution in [3.63, 3.8) is 0 Å². The van der Waals surface area contributed by atoms with Gasteiger partial charge in [-0.25, -0.2) is 4.79 Å². The number of rotatable bonds is 10. The minimum absolute atomic E-state index is 0.0968. The monoisotopic (exact) mass is 417 g/mol. The van der Waals surface area contributed by atoms with E-state index in [2.05, 4.69) is 5.32 Å². The highest BCUT2D eigenvalue weighted by Gasteiger charge is 2.20. The normalized spacial score (nSPS) is 11.5. The van der Waals surface area contributed by atoms with Gasteiger partial charge in [0.05, 0.1) is 6.61 Å². The summed E-state index contributed by atoms with van der Waals surface area (Å²) >= 11 is 0. The molecule has 31 heavy (non-hydrogen) atoms. The van der Waals surface area contributed by atoms with Gasteiger partial charge in [0.25, 0.3) is 0 Å². The lowest BCUT2D eigenvalue weighted by molar-refractivity contribution is -0.142. The third-order valence-electron chi connectivity index (χ3n) is 4.67. The Morgan fingerprint density at radius 1 is 0.774 bits per heavy atom. The largest absolute Gasteiger partial charge is 0.480 e. The maximum atomic E-state index is 12.5. The molecule has 0 radical (unpaired) electrons. The van der Waals surface area contributed by atoms with Gasteiger partial charge >= 0.3 is 5.97 Å². The van der Waals surface area contributed by atoms with Crippen molar-refractivity contribution in [2.24, 2.45) is 0 Å². The molecule has 6 heteroatoms. The van der Waals surface area contributed by atoms with E-state index in [0.29, 0.717) is 16.7 Å². The van der Waals surface area contributed by atoms with Crippen LogP contribution in [0.15, 0.2) is 84.9 Å². The van der Waals surface area contributed by atoms with Crippen molar-refractivity contribution in [1.29, 1.82) is 0 Å². The first-order chi connectivity index (χ1) is 15.0. The minimum atomic E-state index is -1.14. The van der Waals surface area contributed by atoms with Crippen LogP contribution in [-0.2, 0) is 27.4 Å². The number of benzene rings is 3. The first-order valence-electron chi connectivity index (χ1n) is 9.85. The number of ketones is 1. The Hall–Kier alpha value is -3.77. The van der Waals surface area contributed by atoms with Crippen LogP contribution in [0.2, 0.25) is 0 Å². The number of nitrogens with one attached hydrogen (secondary N) is 1. The van der Waals surface area contributed by atoms with E-state index in [0.717, 1.165) is 5.56 Å². The van der Waals surface area contributed by atoms with Crippen molar-refractivity contribution in [3.8, 4) is 0 Å². The van der Waals surface area contributed by atoms with Crippen LogP contribution in [0.25, 0.3) is 0 Å². The zero-order valence-corrected chi connectivity index (χ0v) is 16.9. The molecule has 0 fully saturated rings. The molecule has 3 aromatic rings. The smallest absolute Gasteiger partial charge is 0.326 e. The lowest BCUT2D eigenvalue weighted by atomic mass is 9.99. The van der Waals surface area contributed by atoms with Crippen LogP contribution in [-0.4, -0.2) is 35.4 Å². The molecule has 0 bridgehead atoms.